The van der Waals surface area contributed by atoms with Crippen LogP contribution in [0.3, 0.4) is 0 Å². The topological polar surface area (TPSA) is 52.7 Å². The number of piperidine rings is 1. The molecule has 158 valence electrons. The molecule has 30 heavy (non-hydrogen) atoms. The lowest BCUT2D eigenvalue weighted by molar-refractivity contribution is -0.128. The third-order valence-corrected chi connectivity index (χ3v) is 6.27. The fourth-order valence-corrected chi connectivity index (χ4v) is 4.67. The van der Waals surface area contributed by atoms with Crippen molar-refractivity contribution >= 4 is 11.8 Å². The first kappa shape index (κ1) is 20.6. The molecule has 1 saturated heterocycles. The summed E-state index contributed by atoms with van der Waals surface area (Å²) in [6.07, 6.45) is 1.88. The quantitative estimate of drug-likeness (QED) is 0.801. The van der Waals surface area contributed by atoms with Gasteiger partial charge in [-0.25, -0.2) is 0 Å². The number of fused-ring (bicyclic) bond motifs is 1. The van der Waals surface area contributed by atoms with Crippen molar-refractivity contribution < 1.29 is 9.59 Å². The molecule has 0 bridgehead atoms. The minimum absolute atomic E-state index is 0.0207. The summed E-state index contributed by atoms with van der Waals surface area (Å²) in [7, 11) is 0. The smallest absolute Gasteiger partial charge is 0.255 e. The first-order chi connectivity index (χ1) is 14.5. The van der Waals surface area contributed by atoms with E-state index in [4.69, 9.17) is 0 Å². The molecule has 2 amide bonds. The van der Waals surface area contributed by atoms with Crippen LogP contribution in [0.15, 0.2) is 54.6 Å². The highest BCUT2D eigenvalue weighted by molar-refractivity contribution is 6.01. The highest BCUT2D eigenvalue weighted by Crippen LogP contribution is 2.27. The number of carbonyl (C=O) groups is 2. The second-order valence-corrected chi connectivity index (χ2v) is 8.82. The van der Waals surface area contributed by atoms with Crippen molar-refractivity contribution in [2.75, 3.05) is 13.1 Å². The number of benzene rings is 2. The summed E-state index contributed by atoms with van der Waals surface area (Å²) in [5.41, 5.74) is 3.06. The van der Waals surface area contributed by atoms with Gasteiger partial charge in [-0.1, -0.05) is 62.4 Å². The Hall–Kier alpha value is -2.66. The van der Waals surface area contributed by atoms with Crippen LogP contribution in [0.5, 0.6) is 0 Å². The zero-order valence-corrected chi connectivity index (χ0v) is 17.9. The fraction of sp³-hybridized carbons (Fsp3) is 0.440. The maximum absolute atomic E-state index is 13.2. The van der Waals surface area contributed by atoms with E-state index in [1.807, 2.05) is 44.2 Å². The van der Waals surface area contributed by atoms with Gasteiger partial charge in [0.2, 0.25) is 5.91 Å². The van der Waals surface area contributed by atoms with Crippen molar-refractivity contribution in [3.8, 4) is 0 Å². The predicted octanol–water partition coefficient (Wildman–Crippen LogP) is 3.45. The van der Waals surface area contributed by atoms with Crippen molar-refractivity contribution in [2.24, 2.45) is 5.92 Å². The lowest BCUT2D eigenvalue weighted by Crippen LogP contribution is -2.54. The molecule has 0 aromatic heterocycles. The Morgan fingerprint density at radius 1 is 1.03 bits per heavy atom. The van der Waals surface area contributed by atoms with E-state index in [-0.39, 0.29) is 23.8 Å². The lowest BCUT2D eigenvalue weighted by atomic mass is 9.99. The number of rotatable bonds is 6. The SMILES string of the molecule is CC(C)[C@@H](C(=O)NC1CCN(Cc2ccccc2)CC1)N1Cc2ccccc2C1=O. The van der Waals surface area contributed by atoms with Crippen LogP contribution in [0, 0.1) is 5.92 Å². The van der Waals surface area contributed by atoms with Crippen LogP contribution in [-0.2, 0) is 17.9 Å². The third kappa shape index (κ3) is 4.41. The molecule has 0 radical (unpaired) electrons. The largest absolute Gasteiger partial charge is 0.351 e. The third-order valence-electron chi connectivity index (χ3n) is 6.27. The second-order valence-electron chi connectivity index (χ2n) is 8.82. The van der Waals surface area contributed by atoms with E-state index >= 15 is 0 Å². The highest BCUT2D eigenvalue weighted by atomic mass is 16.2. The number of nitrogens with one attached hydrogen (secondary N) is 1. The molecule has 5 heteroatoms. The number of hydrogen-bond donors (Lipinski definition) is 1. The Labute approximate surface area is 179 Å². The number of nitrogens with zero attached hydrogens (tertiary/aromatic N) is 2. The van der Waals surface area contributed by atoms with Crippen LogP contribution in [0.25, 0.3) is 0 Å². The number of amides is 2. The Morgan fingerprint density at radius 2 is 1.70 bits per heavy atom. The van der Waals surface area contributed by atoms with Crippen LogP contribution >= 0.6 is 0 Å². The molecular formula is C25H31N3O2. The standard InChI is InChI=1S/C25H31N3O2/c1-18(2)23(28-17-20-10-6-7-11-22(20)25(28)30)24(29)26-21-12-14-27(15-13-21)16-19-8-4-3-5-9-19/h3-11,18,21,23H,12-17H2,1-2H3,(H,26,29)/t23-/m0/s1. The molecule has 1 N–H and O–H groups in total. The first-order valence-electron chi connectivity index (χ1n) is 11.0. The molecule has 5 nitrogen and oxygen atoms in total. The van der Waals surface area contributed by atoms with Crippen molar-refractivity contribution in [2.45, 2.75) is 51.9 Å². The van der Waals surface area contributed by atoms with Gasteiger partial charge in [-0.15, -0.1) is 0 Å². The van der Waals surface area contributed by atoms with Gasteiger partial charge in [0, 0.05) is 37.8 Å². The minimum Gasteiger partial charge on any atom is -0.351 e. The number of hydrogen-bond acceptors (Lipinski definition) is 3. The summed E-state index contributed by atoms with van der Waals surface area (Å²) in [5.74, 6) is 0.00577. The van der Waals surface area contributed by atoms with Crippen LogP contribution in [-0.4, -0.2) is 46.8 Å². The molecule has 4 rings (SSSR count). The van der Waals surface area contributed by atoms with Crippen molar-refractivity contribution in [1.29, 1.82) is 0 Å². The highest BCUT2D eigenvalue weighted by Gasteiger charge is 2.38. The maximum Gasteiger partial charge on any atom is 0.255 e. The van der Waals surface area contributed by atoms with Crippen molar-refractivity contribution in [3.63, 3.8) is 0 Å². The zero-order valence-electron chi connectivity index (χ0n) is 17.9. The van der Waals surface area contributed by atoms with Crippen LogP contribution < -0.4 is 5.32 Å². The summed E-state index contributed by atoms with van der Waals surface area (Å²) in [4.78, 5) is 30.3. The first-order valence-corrected chi connectivity index (χ1v) is 11.0. The predicted molar refractivity (Wildman–Crippen MR) is 118 cm³/mol. The zero-order chi connectivity index (χ0) is 21.1. The maximum atomic E-state index is 13.2. The van der Waals surface area contributed by atoms with Crippen LogP contribution in [0.1, 0.15) is 48.2 Å². The molecule has 0 aliphatic carbocycles. The Bertz CT molecular complexity index is 888. The second kappa shape index (κ2) is 9.00. The Kier molecular flexibility index (Phi) is 6.18. The molecular weight excluding hydrogens is 374 g/mol. The summed E-state index contributed by atoms with van der Waals surface area (Å²) in [6, 6.07) is 17.9. The van der Waals surface area contributed by atoms with E-state index in [1.54, 1.807) is 4.90 Å². The molecule has 0 spiro atoms. The average Bonchev–Trinajstić information content (AvgIpc) is 3.06. The van der Waals surface area contributed by atoms with E-state index in [0.29, 0.717) is 6.54 Å². The minimum atomic E-state index is -0.438. The lowest BCUT2D eigenvalue weighted by Gasteiger charge is -2.35. The summed E-state index contributed by atoms with van der Waals surface area (Å²) in [6.45, 7) is 7.45. The van der Waals surface area contributed by atoms with E-state index in [9.17, 15) is 9.59 Å². The van der Waals surface area contributed by atoms with Gasteiger partial charge in [0.1, 0.15) is 6.04 Å². The van der Waals surface area contributed by atoms with E-state index in [2.05, 4.69) is 34.5 Å². The molecule has 2 aromatic rings. The van der Waals surface area contributed by atoms with E-state index < -0.39 is 6.04 Å². The van der Waals surface area contributed by atoms with Gasteiger partial charge in [0.25, 0.3) is 5.91 Å². The summed E-state index contributed by atoms with van der Waals surface area (Å²) in [5, 5.41) is 3.25. The van der Waals surface area contributed by atoms with Gasteiger partial charge in [0.15, 0.2) is 0 Å². The van der Waals surface area contributed by atoms with Crippen molar-refractivity contribution in [1.82, 2.24) is 15.1 Å². The molecule has 2 aliphatic heterocycles. The Morgan fingerprint density at radius 3 is 2.37 bits per heavy atom. The summed E-state index contributed by atoms with van der Waals surface area (Å²) >= 11 is 0. The van der Waals surface area contributed by atoms with Gasteiger partial charge < -0.3 is 10.2 Å². The normalized spacial score (nSPS) is 18.5. The monoisotopic (exact) mass is 405 g/mol. The molecule has 1 atom stereocenters. The fourth-order valence-electron chi connectivity index (χ4n) is 4.67. The summed E-state index contributed by atoms with van der Waals surface area (Å²) < 4.78 is 0. The molecule has 0 saturated carbocycles. The Balaban J connectivity index is 1.34. The number of carbonyl (C=O) groups excluding carboxylic acids is 2. The molecule has 2 aliphatic rings. The number of likely N-dealkylation sites (tertiary alicyclic amines) is 1. The average molecular weight is 406 g/mol. The molecule has 2 heterocycles. The van der Waals surface area contributed by atoms with Gasteiger partial charge in [-0.2, -0.15) is 0 Å². The van der Waals surface area contributed by atoms with Crippen LogP contribution in [0.4, 0.5) is 0 Å². The molecule has 2 aromatic carbocycles. The molecule has 1 fully saturated rings. The van der Waals surface area contributed by atoms with Gasteiger partial charge >= 0.3 is 0 Å². The van der Waals surface area contributed by atoms with Gasteiger partial charge in [-0.05, 0) is 36.0 Å². The van der Waals surface area contributed by atoms with E-state index in [1.165, 1.54) is 5.56 Å². The van der Waals surface area contributed by atoms with Crippen molar-refractivity contribution in [3.05, 3.63) is 71.3 Å². The van der Waals surface area contributed by atoms with Gasteiger partial charge in [-0.3, -0.25) is 14.5 Å². The van der Waals surface area contributed by atoms with Crippen LogP contribution in [0.2, 0.25) is 0 Å². The van der Waals surface area contributed by atoms with Gasteiger partial charge in [0.05, 0.1) is 0 Å². The molecule has 0 unspecified atom stereocenters. The van der Waals surface area contributed by atoms with E-state index in [0.717, 1.165) is 43.6 Å².